The zero-order valence-electron chi connectivity index (χ0n) is 10.5. The molecular weight excluding hydrogens is 259 g/mol. The van der Waals surface area contributed by atoms with E-state index in [-0.39, 0.29) is 0 Å². The molecule has 0 saturated heterocycles. The largest absolute Gasteiger partial charge is 0.255 e. The molecule has 0 N–H and O–H groups in total. The van der Waals surface area contributed by atoms with Crippen molar-refractivity contribution < 1.29 is 4.39 Å². The van der Waals surface area contributed by atoms with E-state index in [2.05, 4.69) is 29.9 Å². The van der Waals surface area contributed by atoms with Crippen molar-refractivity contribution in [2.75, 3.05) is 7.18 Å². The second kappa shape index (κ2) is 5.04. The lowest BCUT2D eigenvalue weighted by atomic mass is 10.1. The summed E-state index contributed by atoms with van der Waals surface area (Å²) in [4.78, 5) is 25.7. The van der Waals surface area contributed by atoms with Gasteiger partial charge in [-0.1, -0.05) is 0 Å². The van der Waals surface area contributed by atoms with Crippen LogP contribution in [0.15, 0.2) is 37.3 Å². The van der Waals surface area contributed by atoms with Crippen molar-refractivity contribution in [1.82, 2.24) is 29.9 Å². The summed E-state index contributed by atoms with van der Waals surface area (Å²) in [5.41, 5.74) is 3.67. The third kappa shape index (κ3) is 1.71. The van der Waals surface area contributed by atoms with E-state index in [4.69, 9.17) is 0 Å². The molecule has 0 amide bonds. The normalized spacial score (nSPS) is 10.5. The van der Waals surface area contributed by atoms with Gasteiger partial charge in [-0.05, 0) is 0 Å². The Kier molecular flexibility index (Phi) is 3.08. The van der Waals surface area contributed by atoms with Gasteiger partial charge in [0.05, 0.1) is 7.18 Å². The van der Waals surface area contributed by atoms with Crippen molar-refractivity contribution in [2.45, 2.75) is 0 Å². The highest BCUT2D eigenvalue weighted by Crippen LogP contribution is 2.27. The number of nitrogens with zero attached hydrogens (tertiary/aromatic N) is 6. The van der Waals surface area contributed by atoms with Gasteiger partial charge < -0.3 is 0 Å². The first kappa shape index (κ1) is 12.2. The van der Waals surface area contributed by atoms with Gasteiger partial charge in [-0.3, -0.25) is 24.3 Å². The number of rotatable bonds is 0. The lowest BCUT2D eigenvalue weighted by Gasteiger charge is -2.04. The van der Waals surface area contributed by atoms with Gasteiger partial charge in [-0.2, -0.15) is 0 Å². The van der Waals surface area contributed by atoms with Crippen LogP contribution >= 0.6 is 0 Å². The van der Waals surface area contributed by atoms with E-state index in [0.29, 0.717) is 12.7 Å². The van der Waals surface area contributed by atoms with Crippen molar-refractivity contribution in [2.24, 2.45) is 0 Å². The highest BCUT2D eigenvalue weighted by molar-refractivity contribution is 6.18. The molecule has 4 aromatic rings. The summed E-state index contributed by atoms with van der Waals surface area (Å²) in [6, 6.07) is 0. The fraction of sp³-hybridized carbons (Fsp3) is 0.0769. The summed E-state index contributed by atoms with van der Waals surface area (Å²) in [7, 11) is 0.500. The molecule has 0 spiro atoms. The third-order valence-corrected chi connectivity index (χ3v) is 2.81. The molecular formula is C13H9FN6. The van der Waals surface area contributed by atoms with Crippen LogP contribution in [0.5, 0.6) is 0 Å². The first-order valence-electron chi connectivity index (χ1n) is 5.76. The van der Waals surface area contributed by atoms with Crippen LogP contribution in [0.1, 0.15) is 0 Å². The van der Waals surface area contributed by atoms with Crippen molar-refractivity contribution in [3.05, 3.63) is 37.3 Å². The van der Waals surface area contributed by atoms with E-state index >= 15 is 0 Å². The second-order valence-corrected chi connectivity index (χ2v) is 3.79. The zero-order valence-corrected chi connectivity index (χ0v) is 10.5. The first-order valence-corrected chi connectivity index (χ1v) is 5.76. The van der Waals surface area contributed by atoms with Gasteiger partial charge in [0.2, 0.25) is 0 Å². The van der Waals surface area contributed by atoms with Gasteiger partial charge >= 0.3 is 0 Å². The van der Waals surface area contributed by atoms with Crippen LogP contribution in [0.25, 0.3) is 33.0 Å². The lowest BCUT2D eigenvalue weighted by molar-refractivity contribution is 0.636. The minimum atomic E-state index is 0.500. The van der Waals surface area contributed by atoms with Gasteiger partial charge in [0.25, 0.3) is 0 Å². The predicted octanol–water partition coefficient (Wildman–Crippen LogP) is 2.10. The molecule has 3 aromatic heterocycles. The zero-order chi connectivity index (χ0) is 13.9. The van der Waals surface area contributed by atoms with E-state index in [1.807, 2.05) is 0 Å². The number of alkyl halides is 1. The van der Waals surface area contributed by atoms with Crippen molar-refractivity contribution in [3.63, 3.8) is 0 Å². The van der Waals surface area contributed by atoms with Gasteiger partial charge in [0.1, 0.15) is 33.9 Å². The van der Waals surface area contributed by atoms with Crippen LogP contribution in [-0.4, -0.2) is 37.1 Å². The van der Waals surface area contributed by atoms with Gasteiger partial charge in [-0.25, -0.2) is 9.97 Å². The summed E-state index contributed by atoms with van der Waals surface area (Å²) in [6.07, 6.45) is 9.81. The Morgan fingerprint density at radius 1 is 0.650 bits per heavy atom. The Balaban J connectivity index is 0.000000581. The topological polar surface area (TPSA) is 77.3 Å². The van der Waals surface area contributed by atoms with E-state index in [1.54, 1.807) is 31.0 Å². The van der Waals surface area contributed by atoms with Gasteiger partial charge in [-0.15, -0.1) is 0 Å². The lowest BCUT2D eigenvalue weighted by Crippen LogP contribution is -1.93. The highest BCUT2D eigenvalue weighted by Gasteiger charge is 2.12. The van der Waals surface area contributed by atoms with Gasteiger partial charge in [0, 0.05) is 36.4 Å². The van der Waals surface area contributed by atoms with Crippen LogP contribution in [0.3, 0.4) is 0 Å². The molecule has 0 aliphatic heterocycles. The number of hydrogen-bond acceptors (Lipinski definition) is 6. The molecule has 20 heavy (non-hydrogen) atoms. The molecule has 98 valence electrons. The van der Waals surface area contributed by atoms with Crippen molar-refractivity contribution in [1.29, 1.82) is 0 Å². The SMILES string of the molecule is CF.c1cnc2c(n1)c1cncnc1c1nccnc21. The molecule has 0 saturated carbocycles. The molecule has 0 bridgehead atoms. The fourth-order valence-corrected chi connectivity index (χ4v) is 2.08. The molecule has 3 heterocycles. The standard InChI is InChI=1S/C12H6N6.CH3F/c1-2-15-10-8(14-1)7-5-13-6-18-9(7)11-12(10)17-4-3-16-11;1-2/h1-6H;1H3. The average molecular weight is 268 g/mol. The third-order valence-electron chi connectivity index (χ3n) is 2.81. The molecule has 0 unspecified atom stereocenters. The van der Waals surface area contributed by atoms with Gasteiger partial charge in [0.15, 0.2) is 0 Å². The monoisotopic (exact) mass is 268 g/mol. The molecule has 0 atom stereocenters. The molecule has 0 fully saturated rings. The minimum Gasteiger partial charge on any atom is -0.255 e. The van der Waals surface area contributed by atoms with Crippen LogP contribution < -0.4 is 0 Å². The van der Waals surface area contributed by atoms with Crippen LogP contribution in [0.4, 0.5) is 4.39 Å². The Bertz CT molecular complexity index is 674. The summed E-state index contributed by atoms with van der Waals surface area (Å²) in [6.45, 7) is 0. The maximum absolute atomic E-state index is 9.50. The molecule has 0 aliphatic rings. The summed E-state index contributed by atoms with van der Waals surface area (Å²) < 4.78 is 9.50. The fourth-order valence-electron chi connectivity index (χ4n) is 2.08. The number of benzene rings is 1. The van der Waals surface area contributed by atoms with Crippen LogP contribution in [-0.2, 0) is 0 Å². The Morgan fingerprint density at radius 2 is 1.10 bits per heavy atom. The predicted molar refractivity (Wildman–Crippen MR) is 72.8 cm³/mol. The number of hydrogen-bond donors (Lipinski definition) is 0. The van der Waals surface area contributed by atoms with Crippen molar-refractivity contribution in [3.8, 4) is 0 Å². The number of aromatic nitrogens is 6. The molecule has 0 aliphatic carbocycles. The van der Waals surface area contributed by atoms with E-state index in [0.717, 1.165) is 27.5 Å². The molecule has 4 rings (SSSR count). The molecule has 0 radical (unpaired) electrons. The Labute approximate surface area is 112 Å². The van der Waals surface area contributed by atoms with Crippen LogP contribution in [0.2, 0.25) is 0 Å². The minimum absolute atomic E-state index is 0.500. The summed E-state index contributed by atoms with van der Waals surface area (Å²) in [5, 5.41) is 0.841. The maximum atomic E-state index is 9.50. The van der Waals surface area contributed by atoms with Crippen LogP contribution in [0, 0.1) is 0 Å². The smallest absolute Gasteiger partial charge is 0.119 e. The average Bonchev–Trinajstić information content (AvgIpc) is 2.57. The Hall–Kier alpha value is -2.83. The van der Waals surface area contributed by atoms with E-state index < -0.39 is 0 Å². The molecule has 7 heteroatoms. The molecule has 6 nitrogen and oxygen atoms in total. The number of fused-ring (bicyclic) bond motifs is 6. The van der Waals surface area contributed by atoms with E-state index in [9.17, 15) is 4.39 Å². The summed E-state index contributed by atoms with van der Waals surface area (Å²) >= 11 is 0. The maximum Gasteiger partial charge on any atom is 0.119 e. The quantitative estimate of drug-likeness (QED) is 0.454. The summed E-state index contributed by atoms with van der Waals surface area (Å²) in [5.74, 6) is 0. The Morgan fingerprint density at radius 3 is 1.70 bits per heavy atom. The highest BCUT2D eigenvalue weighted by atomic mass is 19.1. The van der Waals surface area contributed by atoms with E-state index in [1.165, 1.54) is 6.33 Å². The number of halogens is 1. The van der Waals surface area contributed by atoms with Crippen molar-refractivity contribution >= 4 is 33.0 Å². The first-order chi connectivity index (χ1) is 9.95. The molecule has 1 aromatic carbocycles. The second-order valence-electron chi connectivity index (χ2n) is 3.79.